The highest BCUT2D eigenvalue weighted by Crippen LogP contribution is 2.26. The van der Waals surface area contributed by atoms with Crippen molar-refractivity contribution in [3.05, 3.63) is 48.0 Å². The first-order valence-electron chi connectivity index (χ1n) is 6.33. The average molecular weight is 291 g/mol. The summed E-state index contributed by atoms with van der Waals surface area (Å²) in [4.78, 5) is 0.575. The number of halogens is 1. The Morgan fingerprint density at radius 1 is 1.06 bits per heavy atom. The third-order valence-electron chi connectivity index (χ3n) is 3.54. The zero-order chi connectivity index (χ0) is 12.3. The van der Waals surface area contributed by atoms with E-state index in [0.717, 1.165) is 6.42 Å². The van der Waals surface area contributed by atoms with Crippen molar-refractivity contribution < 1.29 is 0 Å². The lowest BCUT2D eigenvalue weighted by atomic mass is 9.91. The van der Waals surface area contributed by atoms with E-state index in [-0.39, 0.29) is 0 Å². The van der Waals surface area contributed by atoms with Gasteiger partial charge in [-0.1, -0.05) is 78.7 Å². The summed E-state index contributed by atoms with van der Waals surface area (Å²) in [7, 11) is 0. The minimum atomic E-state index is 0.575. The minimum Gasteiger partial charge on any atom is -0.0891 e. The van der Waals surface area contributed by atoms with Gasteiger partial charge in [0.25, 0.3) is 0 Å². The fraction of sp³-hybridized carbons (Fsp3) is 0.375. The van der Waals surface area contributed by atoms with Crippen LogP contribution in [-0.2, 0) is 6.42 Å². The van der Waals surface area contributed by atoms with Gasteiger partial charge in [0.05, 0.1) is 0 Å². The van der Waals surface area contributed by atoms with Crippen LogP contribution in [0.4, 0.5) is 0 Å². The van der Waals surface area contributed by atoms with Gasteiger partial charge in [0.2, 0.25) is 0 Å². The molecule has 17 heavy (non-hydrogen) atoms. The fourth-order valence-electron chi connectivity index (χ4n) is 2.38. The molecule has 0 heterocycles. The molecule has 0 aromatic heterocycles. The van der Waals surface area contributed by atoms with E-state index < -0.39 is 0 Å². The Morgan fingerprint density at radius 2 is 1.76 bits per heavy atom. The van der Waals surface area contributed by atoms with Crippen LogP contribution in [0.5, 0.6) is 0 Å². The second kappa shape index (κ2) is 5.68. The Labute approximate surface area is 112 Å². The summed E-state index contributed by atoms with van der Waals surface area (Å²) in [6.45, 7) is 4.52. The van der Waals surface area contributed by atoms with Crippen molar-refractivity contribution in [2.24, 2.45) is 5.92 Å². The summed E-state index contributed by atoms with van der Waals surface area (Å²) >= 11 is 3.72. The standard InChI is InChI=1S/C16H19Br/c1-3-13(12(2)17)11-15-9-6-8-14-7-4-5-10-16(14)15/h4-10,12-13H,3,11H2,1-2H3. The van der Waals surface area contributed by atoms with Crippen LogP contribution in [0.3, 0.4) is 0 Å². The summed E-state index contributed by atoms with van der Waals surface area (Å²) in [6, 6.07) is 15.3. The van der Waals surface area contributed by atoms with Gasteiger partial charge in [-0.05, 0) is 28.7 Å². The molecule has 0 nitrogen and oxygen atoms in total. The van der Waals surface area contributed by atoms with Crippen LogP contribution in [0.15, 0.2) is 42.5 Å². The summed E-state index contributed by atoms with van der Waals surface area (Å²) < 4.78 is 0. The third kappa shape index (κ3) is 2.90. The molecule has 90 valence electrons. The van der Waals surface area contributed by atoms with E-state index >= 15 is 0 Å². The van der Waals surface area contributed by atoms with Gasteiger partial charge >= 0.3 is 0 Å². The zero-order valence-electron chi connectivity index (χ0n) is 10.5. The molecule has 2 atom stereocenters. The van der Waals surface area contributed by atoms with Crippen molar-refractivity contribution in [2.75, 3.05) is 0 Å². The van der Waals surface area contributed by atoms with Crippen LogP contribution in [-0.4, -0.2) is 4.83 Å². The maximum atomic E-state index is 3.72. The largest absolute Gasteiger partial charge is 0.0891 e. The maximum absolute atomic E-state index is 3.72. The van der Waals surface area contributed by atoms with Crippen molar-refractivity contribution >= 4 is 26.7 Å². The quantitative estimate of drug-likeness (QED) is 0.680. The molecule has 2 aromatic carbocycles. The highest BCUT2D eigenvalue weighted by atomic mass is 79.9. The van der Waals surface area contributed by atoms with Crippen molar-refractivity contribution in [3.8, 4) is 0 Å². The van der Waals surface area contributed by atoms with Gasteiger partial charge in [0.15, 0.2) is 0 Å². The number of fused-ring (bicyclic) bond motifs is 1. The lowest BCUT2D eigenvalue weighted by Gasteiger charge is -2.18. The Kier molecular flexibility index (Phi) is 4.22. The number of hydrogen-bond donors (Lipinski definition) is 0. The molecule has 0 bridgehead atoms. The summed E-state index contributed by atoms with van der Waals surface area (Å²) in [5, 5.41) is 2.75. The average Bonchev–Trinajstić information content (AvgIpc) is 2.35. The molecule has 2 unspecified atom stereocenters. The first-order chi connectivity index (χ1) is 8.22. The van der Waals surface area contributed by atoms with Crippen molar-refractivity contribution in [1.82, 2.24) is 0 Å². The van der Waals surface area contributed by atoms with E-state index in [1.807, 2.05) is 0 Å². The molecule has 0 aliphatic rings. The van der Waals surface area contributed by atoms with Crippen LogP contribution in [0.25, 0.3) is 10.8 Å². The molecule has 2 rings (SSSR count). The molecule has 0 N–H and O–H groups in total. The van der Waals surface area contributed by atoms with Crippen LogP contribution in [0, 0.1) is 5.92 Å². The van der Waals surface area contributed by atoms with Crippen molar-refractivity contribution in [3.63, 3.8) is 0 Å². The Morgan fingerprint density at radius 3 is 2.47 bits per heavy atom. The van der Waals surface area contributed by atoms with Gasteiger partial charge in [-0.15, -0.1) is 0 Å². The van der Waals surface area contributed by atoms with Gasteiger partial charge in [-0.25, -0.2) is 0 Å². The summed E-state index contributed by atoms with van der Waals surface area (Å²) in [5.74, 6) is 0.709. The molecule has 0 radical (unpaired) electrons. The fourth-order valence-corrected chi connectivity index (χ4v) is 2.95. The molecule has 0 aliphatic heterocycles. The second-order valence-corrected chi connectivity index (χ2v) is 6.13. The van der Waals surface area contributed by atoms with Crippen molar-refractivity contribution in [2.45, 2.75) is 31.5 Å². The third-order valence-corrected chi connectivity index (χ3v) is 4.28. The summed E-state index contributed by atoms with van der Waals surface area (Å²) in [6.07, 6.45) is 2.37. The topological polar surface area (TPSA) is 0 Å². The maximum Gasteiger partial charge on any atom is 0.0148 e. The predicted octanol–water partition coefficient (Wildman–Crippen LogP) is 5.19. The van der Waals surface area contributed by atoms with Gasteiger partial charge in [-0.2, -0.15) is 0 Å². The molecular weight excluding hydrogens is 272 g/mol. The first-order valence-corrected chi connectivity index (χ1v) is 7.24. The molecule has 0 fully saturated rings. The smallest absolute Gasteiger partial charge is 0.0148 e. The molecule has 2 aromatic rings. The molecule has 0 saturated carbocycles. The van der Waals surface area contributed by atoms with E-state index in [4.69, 9.17) is 0 Å². The summed E-state index contributed by atoms with van der Waals surface area (Å²) in [5.41, 5.74) is 1.47. The monoisotopic (exact) mass is 290 g/mol. The highest BCUT2D eigenvalue weighted by molar-refractivity contribution is 9.09. The second-order valence-electron chi connectivity index (χ2n) is 4.69. The van der Waals surface area contributed by atoms with E-state index in [0.29, 0.717) is 10.7 Å². The minimum absolute atomic E-state index is 0.575. The van der Waals surface area contributed by atoms with E-state index in [2.05, 4.69) is 72.2 Å². The molecular formula is C16H19Br. The number of rotatable bonds is 4. The van der Waals surface area contributed by atoms with E-state index in [1.165, 1.54) is 22.8 Å². The zero-order valence-corrected chi connectivity index (χ0v) is 12.1. The highest BCUT2D eigenvalue weighted by Gasteiger charge is 2.14. The lowest BCUT2D eigenvalue weighted by molar-refractivity contribution is 0.510. The number of hydrogen-bond acceptors (Lipinski definition) is 0. The SMILES string of the molecule is CCC(Cc1cccc2ccccc12)C(C)Br. The van der Waals surface area contributed by atoms with E-state index in [9.17, 15) is 0 Å². The van der Waals surface area contributed by atoms with Crippen molar-refractivity contribution in [1.29, 1.82) is 0 Å². The molecule has 0 amide bonds. The molecule has 1 heteroatoms. The van der Waals surface area contributed by atoms with E-state index in [1.54, 1.807) is 0 Å². The van der Waals surface area contributed by atoms with Crippen LogP contribution >= 0.6 is 15.9 Å². The van der Waals surface area contributed by atoms with Gasteiger partial charge < -0.3 is 0 Å². The van der Waals surface area contributed by atoms with Gasteiger partial charge in [-0.3, -0.25) is 0 Å². The molecule has 0 aliphatic carbocycles. The van der Waals surface area contributed by atoms with Gasteiger partial charge in [0, 0.05) is 4.83 Å². The van der Waals surface area contributed by atoms with Crippen LogP contribution in [0.2, 0.25) is 0 Å². The number of alkyl halides is 1. The predicted molar refractivity (Wildman–Crippen MR) is 79.8 cm³/mol. The molecule has 0 saturated heterocycles. The van der Waals surface area contributed by atoms with Crippen LogP contribution in [0.1, 0.15) is 25.8 Å². The lowest BCUT2D eigenvalue weighted by Crippen LogP contribution is -2.13. The van der Waals surface area contributed by atoms with Gasteiger partial charge in [0.1, 0.15) is 0 Å². The normalized spacial score (nSPS) is 14.8. The first kappa shape index (κ1) is 12.6. The Hall–Kier alpha value is -0.820. The number of benzene rings is 2. The Balaban J connectivity index is 2.35. The Bertz CT molecular complexity index is 482. The molecule has 0 spiro atoms. The van der Waals surface area contributed by atoms with Crippen LogP contribution < -0.4 is 0 Å².